The van der Waals surface area contributed by atoms with Crippen LogP contribution in [-0.2, 0) is 24.7 Å². The van der Waals surface area contributed by atoms with Gasteiger partial charge in [0, 0.05) is 26.7 Å². The molecule has 1 aromatic carbocycles. The van der Waals surface area contributed by atoms with Gasteiger partial charge in [-0.3, -0.25) is 4.79 Å². The predicted octanol–water partition coefficient (Wildman–Crippen LogP) is 1.59. The summed E-state index contributed by atoms with van der Waals surface area (Å²) in [6.07, 6.45) is 0.450. The molecule has 1 saturated heterocycles. The number of oxazole rings is 1. The molecule has 0 spiro atoms. The zero-order chi connectivity index (χ0) is 22.3. The van der Waals surface area contributed by atoms with Gasteiger partial charge in [0.25, 0.3) is 5.22 Å². The van der Waals surface area contributed by atoms with Gasteiger partial charge in [-0.1, -0.05) is 11.8 Å². The minimum Gasteiger partial charge on any atom is -0.431 e. The maximum Gasteiger partial charge on any atom is 0.257 e. The van der Waals surface area contributed by atoms with E-state index >= 15 is 0 Å². The monoisotopic (exact) mass is 475 g/mol. The minimum atomic E-state index is -3.59. The van der Waals surface area contributed by atoms with Gasteiger partial charge >= 0.3 is 0 Å². The minimum absolute atomic E-state index is 0.00399. The average molecular weight is 476 g/mol. The molecule has 30 heavy (non-hydrogen) atoms. The fraction of sp³-hybridized carbons (Fsp3) is 0.556. The molecule has 1 fully saturated rings. The lowest BCUT2D eigenvalue weighted by Crippen LogP contribution is -2.44. The van der Waals surface area contributed by atoms with Crippen molar-refractivity contribution in [2.45, 2.75) is 41.7 Å². The van der Waals surface area contributed by atoms with Gasteiger partial charge in [-0.05, 0) is 38.5 Å². The number of nitrogens with zero attached hydrogens (tertiary/aromatic N) is 3. The molecule has 0 saturated carbocycles. The summed E-state index contributed by atoms with van der Waals surface area (Å²) in [4.78, 5) is 18.9. The van der Waals surface area contributed by atoms with Crippen molar-refractivity contribution in [1.82, 2.24) is 14.2 Å². The van der Waals surface area contributed by atoms with Crippen molar-refractivity contribution in [3.05, 3.63) is 18.2 Å². The molecule has 0 N–H and O–H groups in total. The molecule has 0 bridgehead atoms. The summed E-state index contributed by atoms with van der Waals surface area (Å²) in [5.74, 6) is -0.0786. The summed E-state index contributed by atoms with van der Waals surface area (Å²) in [5.41, 5.74) is 0.804. The Labute approximate surface area is 180 Å². The second kappa shape index (κ2) is 8.48. The van der Waals surface area contributed by atoms with Crippen LogP contribution in [0.3, 0.4) is 0 Å². The number of sulfonamides is 1. The fourth-order valence-corrected chi connectivity index (χ4v) is 6.84. The van der Waals surface area contributed by atoms with Crippen LogP contribution >= 0.6 is 11.8 Å². The highest BCUT2D eigenvalue weighted by molar-refractivity contribution is 8.00. The second-order valence-corrected chi connectivity index (χ2v) is 13.0. The van der Waals surface area contributed by atoms with Crippen molar-refractivity contribution in [3.63, 3.8) is 0 Å². The van der Waals surface area contributed by atoms with Crippen molar-refractivity contribution in [2.24, 2.45) is 0 Å². The van der Waals surface area contributed by atoms with Gasteiger partial charge in [-0.25, -0.2) is 26.1 Å². The molecule has 2 heterocycles. The van der Waals surface area contributed by atoms with Crippen LogP contribution < -0.4 is 0 Å². The Morgan fingerprint density at radius 3 is 2.63 bits per heavy atom. The lowest BCUT2D eigenvalue weighted by molar-refractivity contribution is -0.131. The van der Waals surface area contributed by atoms with Crippen LogP contribution in [0.25, 0.3) is 11.1 Å². The van der Waals surface area contributed by atoms with E-state index in [2.05, 4.69) is 4.98 Å². The van der Waals surface area contributed by atoms with Gasteiger partial charge in [0.15, 0.2) is 15.4 Å². The molecule has 2 atom stereocenters. The zero-order valence-corrected chi connectivity index (χ0v) is 19.7. The third-order valence-corrected chi connectivity index (χ3v) is 9.51. The molecule has 2 aromatic rings. The quantitative estimate of drug-likeness (QED) is 0.554. The number of fused-ring (bicyclic) bond motifs is 1. The molecule has 0 aliphatic carbocycles. The van der Waals surface area contributed by atoms with Gasteiger partial charge in [-0.2, -0.15) is 0 Å². The van der Waals surface area contributed by atoms with Crippen LogP contribution in [0.4, 0.5) is 0 Å². The largest absolute Gasteiger partial charge is 0.431 e. The van der Waals surface area contributed by atoms with Crippen LogP contribution in [0.5, 0.6) is 0 Å². The van der Waals surface area contributed by atoms with Crippen molar-refractivity contribution in [3.8, 4) is 0 Å². The van der Waals surface area contributed by atoms with Crippen LogP contribution in [0.15, 0.2) is 32.7 Å². The van der Waals surface area contributed by atoms with E-state index in [-0.39, 0.29) is 33.6 Å². The SMILES string of the molecule is CCN(C(=O)[C@@H](C)Sc1nc2cc(S(=O)(=O)N(C)C)ccc2o1)[C@H]1CCS(=O)(=O)C1. The maximum absolute atomic E-state index is 12.9. The molecule has 1 aliphatic rings. The molecule has 1 aromatic heterocycles. The first-order valence-electron chi connectivity index (χ1n) is 9.45. The number of hydrogen-bond donors (Lipinski definition) is 0. The van der Waals surface area contributed by atoms with Gasteiger partial charge in [0.2, 0.25) is 15.9 Å². The number of carbonyl (C=O) groups excluding carboxylic acids is 1. The Hall–Kier alpha value is -1.63. The Morgan fingerprint density at radius 2 is 2.07 bits per heavy atom. The van der Waals surface area contributed by atoms with Crippen molar-refractivity contribution in [1.29, 1.82) is 0 Å². The van der Waals surface area contributed by atoms with Gasteiger partial charge in [0.05, 0.1) is 21.7 Å². The molecule has 1 aliphatic heterocycles. The molecule has 3 rings (SSSR count). The molecule has 1 amide bonds. The van der Waals surface area contributed by atoms with Crippen LogP contribution in [0.2, 0.25) is 0 Å². The lowest BCUT2D eigenvalue weighted by Gasteiger charge is -2.28. The number of aromatic nitrogens is 1. The number of sulfone groups is 1. The van der Waals surface area contributed by atoms with Gasteiger partial charge in [0.1, 0.15) is 5.52 Å². The highest BCUT2D eigenvalue weighted by atomic mass is 32.2. The normalized spacial score (nSPS) is 20.0. The van der Waals surface area contributed by atoms with E-state index in [9.17, 15) is 21.6 Å². The number of carbonyl (C=O) groups is 1. The molecule has 12 heteroatoms. The predicted molar refractivity (Wildman–Crippen MR) is 115 cm³/mol. The van der Waals surface area contributed by atoms with E-state index in [1.807, 2.05) is 6.92 Å². The van der Waals surface area contributed by atoms with Crippen molar-refractivity contribution in [2.75, 3.05) is 32.1 Å². The smallest absolute Gasteiger partial charge is 0.257 e. The second-order valence-electron chi connectivity index (χ2n) is 7.34. The number of benzene rings is 1. The maximum atomic E-state index is 12.9. The van der Waals surface area contributed by atoms with Crippen LogP contribution in [-0.4, -0.2) is 80.4 Å². The van der Waals surface area contributed by atoms with Crippen LogP contribution in [0, 0.1) is 0 Å². The highest BCUT2D eigenvalue weighted by Crippen LogP contribution is 2.30. The van der Waals surface area contributed by atoms with E-state index in [1.165, 1.54) is 32.3 Å². The van der Waals surface area contributed by atoms with E-state index in [0.29, 0.717) is 24.1 Å². The number of rotatable bonds is 7. The number of hydrogen-bond acceptors (Lipinski definition) is 8. The Kier molecular flexibility index (Phi) is 6.51. The Balaban J connectivity index is 1.77. The zero-order valence-electron chi connectivity index (χ0n) is 17.2. The first kappa shape index (κ1) is 23.0. The van der Waals surface area contributed by atoms with Crippen molar-refractivity contribution >= 4 is 48.6 Å². The first-order chi connectivity index (χ1) is 13.9. The van der Waals surface area contributed by atoms with E-state index < -0.39 is 25.1 Å². The van der Waals surface area contributed by atoms with E-state index in [4.69, 9.17) is 4.42 Å². The summed E-state index contributed by atoms with van der Waals surface area (Å²) in [5, 5.41) is -0.286. The summed E-state index contributed by atoms with van der Waals surface area (Å²) < 4.78 is 54.9. The highest BCUT2D eigenvalue weighted by Gasteiger charge is 2.35. The first-order valence-corrected chi connectivity index (χ1v) is 13.6. The van der Waals surface area contributed by atoms with Gasteiger partial charge < -0.3 is 9.32 Å². The average Bonchev–Trinajstić information content (AvgIpc) is 3.23. The molecule has 9 nitrogen and oxygen atoms in total. The summed E-state index contributed by atoms with van der Waals surface area (Å²) in [6, 6.07) is 4.12. The topological polar surface area (TPSA) is 118 Å². The molecule has 166 valence electrons. The Bertz CT molecular complexity index is 1160. The summed E-state index contributed by atoms with van der Waals surface area (Å²) in [7, 11) is -3.79. The third kappa shape index (κ3) is 4.66. The van der Waals surface area contributed by atoms with Gasteiger partial charge in [-0.15, -0.1) is 0 Å². The fourth-order valence-electron chi connectivity index (χ4n) is 3.36. The molecular formula is C18H25N3O6S3. The summed E-state index contributed by atoms with van der Waals surface area (Å²) in [6.45, 7) is 3.96. The standard InChI is InChI=1S/C18H25N3O6S3/c1-5-21(13-8-9-29(23,24)11-13)17(22)12(2)28-18-19-15-10-14(6-7-16(15)27-18)30(25,26)20(3)4/h6-7,10,12-13H,5,8-9,11H2,1-4H3/t12-,13+/m1/s1. The molecule has 0 unspecified atom stereocenters. The number of amides is 1. The summed E-state index contributed by atoms with van der Waals surface area (Å²) >= 11 is 1.12. The molecule has 0 radical (unpaired) electrons. The van der Waals surface area contributed by atoms with Crippen LogP contribution in [0.1, 0.15) is 20.3 Å². The third-order valence-electron chi connectivity index (χ3n) is 5.02. The van der Waals surface area contributed by atoms with Crippen molar-refractivity contribution < 1.29 is 26.0 Å². The lowest BCUT2D eigenvalue weighted by atomic mass is 10.2. The van der Waals surface area contributed by atoms with E-state index in [1.54, 1.807) is 11.8 Å². The van der Waals surface area contributed by atoms with E-state index in [0.717, 1.165) is 16.1 Å². The number of thioether (sulfide) groups is 1. The Morgan fingerprint density at radius 1 is 1.37 bits per heavy atom. The molecular weight excluding hydrogens is 450 g/mol.